The van der Waals surface area contributed by atoms with Crippen LogP contribution in [0.15, 0.2) is 0 Å². The van der Waals surface area contributed by atoms with Crippen LogP contribution in [0.25, 0.3) is 0 Å². The van der Waals surface area contributed by atoms with Crippen molar-refractivity contribution in [3.05, 3.63) is 0 Å². The van der Waals surface area contributed by atoms with Gasteiger partial charge in [0, 0.05) is 13.2 Å². The van der Waals surface area contributed by atoms with Crippen LogP contribution in [-0.2, 0) is 9.47 Å². The van der Waals surface area contributed by atoms with E-state index in [1.807, 2.05) is 0 Å². The van der Waals surface area contributed by atoms with E-state index in [-0.39, 0.29) is 0 Å². The molecule has 4 saturated carbocycles. The monoisotopic (exact) mass is 376 g/mol. The Morgan fingerprint density at radius 2 is 1.44 bits per heavy atom. The molecule has 0 aromatic rings. The van der Waals surface area contributed by atoms with Crippen molar-refractivity contribution in [1.29, 1.82) is 0 Å². The molecule has 8 atom stereocenters. The topological polar surface area (TPSA) is 18.5 Å². The van der Waals surface area contributed by atoms with Gasteiger partial charge in [0.2, 0.25) is 0 Å². The van der Waals surface area contributed by atoms with Crippen molar-refractivity contribution in [3.63, 3.8) is 0 Å². The maximum atomic E-state index is 6.37. The minimum Gasteiger partial charge on any atom is -0.378 e. The molecule has 0 radical (unpaired) electrons. The Morgan fingerprint density at radius 3 is 2.22 bits per heavy atom. The van der Waals surface area contributed by atoms with Gasteiger partial charge in [-0.1, -0.05) is 27.7 Å². The first kappa shape index (κ1) is 20.2. The molecule has 0 N–H and O–H groups in total. The Kier molecular flexibility index (Phi) is 5.97. The zero-order valence-corrected chi connectivity index (χ0v) is 18.5. The lowest BCUT2D eigenvalue weighted by molar-refractivity contribution is -0.146. The van der Waals surface area contributed by atoms with Crippen molar-refractivity contribution in [3.8, 4) is 0 Å². The number of rotatable bonds is 6. The third-order valence-electron chi connectivity index (χ3n) is 9.61. The quantitative estimate of drug-likeness (QED) is 0.518. The van der Waals surface area contributed by atoms with Gasteiger partial charge >= 0.3 is 0 Å². The van der Waals surface area contributed by atoms with Crippen molar-refractivity contribution in [2.75, 3.05) is 13.2 Å². The van der Waals surface area contributed by atoms with Crippen molar-refractivity contribution < 1.29 is 9.47 Å². The zero-order valence-electron chi connectivity index (χ0n) is 18.5. The lowest BCUT2D eigenvalue weighted by atomic mass is 9.45. The highest BCUT2D eigenvalue weighted by molar-refractivity contribution is 5.09. The van der Waals surface area contributed by atoms with Gasteiger partial charge in [0.1, 0.15) is 0 Å². The Hall–Kier alpha value is -0.0800. The molecule has 0 aromatic carbocycles. The van der Waals surface area contributed by atoms with Gasteiger partial charge in [-0.25, -0.2) is 0 Å². The van der Waals surface area contributed by atoms with Crippen LogP contribution in [0.4, 0.5) is 0 Å². The molecule has 27 heavy (non-hydrogen) atoms. The summed E-state index contributed by atoms with van der Waals surface area (Å²) in [6.07, 6.45) is 16.0. The second kappa shape index (κ2) is 7.98. The SMILES string of the molecule is CCCO[C@H]1CC[C@@]2(C)[C@@H](CC[C@@H]3[C@@H]2CC[C@]2(C)[C@@H](OCCC)CC[C@@H]32)C1. The summed E-state index contributed by atoms with van der Waals surface area (Å²) in [5.41, 5.74) is 1.04. The summed E-state index contributed by atoms with van der Waals surface area (Å²) in [6, 6.07) is 0. The molecular formula is C25H44O2. The van der Waals surface area contributed by atoms with E-state index in [4.69, 9.17) is 9.47 Å². The van der Waals surface area contributed by atoms with E-state index in [0.29, 0.717) is 23.0 Å². The fourth-order valence-electron chi connectivity index (χ4n) is 8.14. The average molecular weight is 377 g/mol. The Bertz CT molecular complexity index is 505. The van der Waals surface area contributed by atoms with Gasteiger partial charge in [0.05, 0.1) is 12.2 Å². The second-order valence-electron chi connectivity index (χ2n) is 10.9. The van der Waals surface area contributed by atoms with Crippen molar-refractivity contribution in [2.24, 2.45) is 34.5 Å². The van der Waals surface area contributed by atoms with Crippen LogP contribution in [-0.4, -0.2) is 25.4 Å². The molecule has 0 spiro atoms. The summed E-state index contributed by atoms with van der Waals surface area (Å²) in [6.45, 7) is 11.7. The lowest BCUT2D eigenvalue weighted by Crippen LogP contribution is -2.54. The van der Waals surface area contributed by atoms with Gasteiger partial charge in [-0.2, -0.15) is 0 Å². The van der Waals surface area contributed by atoms with E-state index in [1.165, 1.54) is 57.8 Å². The molecule has 0 heterocycles. The molecule has 0 aromatic heterocycles. The van der Waals surface area contributed by atoms with Gasteiger partial charge in [-0.15, -0.1) is 0 Å². The smallest absolute Gasteiger partial charge is 0.0631 e. The van der Waals surface area contributed by atoms with Crippen molar-refractivity contribution >= 4 is 0 Å². The summed E-state index contributed by atoms with van der Waals surface area (Å²) < 4.78 is 12.6. The molecule has 2 heteroatoms. The first-order chi connectivity index (χ1) is 13.0. The zero-order chi connectivity index (χ0) is 19.1. The predicted molar refractivity (Wildman–Crippen MR) is 112 cm³/mol. The van der Waals surface area contributed by atoms with Crippen LogP contribution in [0, 0.1) is 34.5 Å². The first-order valence-electron chi connectivity index (χ1n) is 12.3. The van der Waals surface area contributed by atoms with Gasteiger partial charge < -0.3 is 9.47 Å². The minimum absolute atomic E-state index is 0.459. The highest BCUT2D eigenvalue weighted by Gasteiger charge is 2.60. The highest BCUT2D eigenvalue weighted by Crippen LogP contribution is 2.66. The number of hydrogen-bond acceptors (Lipinski definition) is 2. The summed E-state index contributed by atoms with van der Waals surface area (Å²) in [7, 11) is 0. The molecule has 4 aliphatic carbocycles. The fourth-order valence-corrected chi connectivity index (χ4v) is 8.14. The van der Waals surface area contributed by atoms with Crippen LogP contribution < -0.4 is 0 Å². The molecule has 0 amide bonds. The van der Waals surface area contributed by atoms with E-state index in [1.54, 1.807) is 0 Å². The van der Waals surface area contributed by atoms with E-state index in [9.17, 15) is 0 Å². The van der Waals surface area contributed by atoms with E-state index in [0.717, 1.165) is 49.7 Å². The number of hydrogen-bond donors (Lipinski definition) is 0. The normalized spacial score (nSPS) is 49.3. The third kappa shape index (κ3) is 3.41. The van der Waals surface area contributed by atoms with E-state index >= 15 is 0 Å². The maximum absolute atomic E-state index is 6.37. The number of fused-ring (bicyclic) bond motifs is 5. The highest BCUT2D eigenvalue weighted by atomic mass is 16.5. The molecule has 2 nitrogen and oxygen atoms in total. The third-order valence-corrected chi connectivity index (χ3v) is 9.61. The van der Waals surface area contributed by atoms with E-state index < -0.39 is 0 Å². The Morgan fingerprint density at radius 1 is 0.741 bits per heavy atom. The molecule has 4 fully saturated rings. The minimum atomic E-state index is 0.459. The summed E-state index contributed by atoms with van der Waals surface area (Å²) in [5.74, 6) is 3.76. The lowest BCUT2D eigenvalue weighted by Gasteiger charge is -2.61. The molecule has 0 aliphatic heterocycles. The molecule has 0 saturated heterocycles. The predicted octanol–water partition coefficient (Wildman–Crippen LogP) is 6.62. The Labute approximate surface area is 168 Å². The van der Waals surface area contributed by atoms with Crippen LogP contribution in [0.2, 0.25) is 0 Å². The van der Waals surface area contributed by atoms with Crippen LogP contribution in [0.3, 0.4) is 0 Å². The van der Waals surface area contributed by atoms with Gasteiger partial charge in [0.25, 0.3) is 0 Å². The molecule has 0 unspecified atom stereocenters. The summed E-state index contributed by atoms with van der Waals surface area (Å²) >= 11 is 0. The largest absolute Gasteiger partial charge is 0.378 e. The average Bonchev–Trinajstić information content (AvgIpc) is 3.01. The standard InChI is InChI=1S/C25H44O2/c1-5-15-26-19-11-13-24(3)18(17-19)7-8-20-21-9-10-23(27-16-6-2)25(21,4)14-12-22(20)24/h18-23H,5-17H2,1-4H3/t18-,19-,20-,21-,22-,23-,24-,25-/m0/s1. The molecular weight excluding hydrogens is 332 g/mol. The molecule has 0 bridgehead atoms. The van der Waals surface area contributed by atoms with Gasteiger partial charge in [0.15, 0.2) is 0 Å². The fraction of sp³-hybridized carbons (Fsp3) is 1.00. The van der Waals surface area contributed by atoms with Crippen molar-refractivity contribution in [2.45, 2.75) is 111 Å². The molecule has 4 rings (SSSR count). The van der Waals surface area contributed by atoms with Crippen LogP contribution in [0.5, 0.6) is 0 Å². The maximum Gasteiger partial charge on any atom is 0.0631 e. The van der Waals surface area contributed by atoms with Crippen molar-refractivity contribution in [1.82, 2.24) is 0 Å². The summed E-state index contributed by atoms with van der Waals surface area (Å²) in [4.78, 5) is 0. The summed E-state index contributed by atoms with van der Waals surface area (Å²) in [5, 5.41) is 0. The van der Waals surface area contributed by atoms with Crippen LogP contribution >= 0.6 is 0 Å². The van der Waals surface area contributed by atoms with Gasteiger partial charge in [-0.05, 0) is 105 Å². The second-order valence-corrected chi connectivity index (χ2v) is 10.9. The number of ether oxygens (including phenoxy) is 2. The molecule has 156 valence electrons. The van der Waals surface area contributed by atoms with E-state index in [2.05, 4.69) is 27.7 Å². The Balaban J connectivity index is 1.46. The first-order valence-corrected chi connectivity index (χ1v) is 12.3. The van der Waals surface area contributed by atoms with Crippen LogP contribution in [0.1, 0.15) is 98.3 Å². The molecule has 4 aliphatic rings. The van der Waals surface area contributed by atoms with Gasteiger partial charge in [-0.3, -0.25) is 0 Å².